The molecule has 0 atom stereocenters. The van der Waals surface area contributed by atoms with E-state index in [-0.39, 0.29) is 12.5 Å². The zero-order valence-electron chi connectivity index (χ0n) is 9.76. The van der Waals surface area contributed by atoms with Gasteiger partial charge in [-0.15, -0.1) is 0 Å². The van der Waals surface area contributed by atoms with Crippen LogP contribution < -0.4 is 5.32 Å². The zero-order valence-corrected chi connectivity index (χ0v) is 11.3. The van der Waals surface area contributed by atoms with Crippen molar-refractivity contribution in [3.8, 4) is 0 Å². The van der Waals surface area contributed by atoms with E-state index in [1.54, 1.807) is 12.1 Å². The van der Waals surface area contributed by atoms with Crippen LogP contribution in [0.3, 0.4) is 0 Å². The number of aliphatic hydroxyl groups excluding tert-OH is 1. The van der Waals surface area contributed by atoms with Crippen LogP contribution in [0, 0.1) is 0 Å². The summed E-state index contributed by atoms with van der Waals surface area (Å²) in [6.07, 6.45) is 0.486. The summed E-state index contributed by atoms with van der Waals surface area (Å²) in [5.41, 5.74) is -0.0109. The molecule has 0 aromatic heterocycles. The Balaban J connectivity index is 2.80. The van der Waals surface area contributed by atoms with Gasteiger partial charge >= 0.3 is 0 Å². The van der Waals surface area contributed by atoms with Crippen LogP contribution in [-0.4, -0.2) is 23.2 Å². The highest BCUT2D eigenvalue weighted by molar-refractivity contribution is 6.42. The first-order valence-corrected chi connectivity index (χ1v) is 6.00. The molecule has 0 saturated carbocycles. The Hall–Kier alpha value is -0.770. The predicted molar refractivity (Wildman–Crippen MR) is 69.7 cm³/mol. The Morgan fingerprint density at radius 2 is 2.00 bits per heavy atom. The monoisotopic (exact) mass is 275 g/mol. The van der Waals surface area contributed by atoms with Crippen LogP contribution in [0.2, 0.25) is 10.0 Å². The predicted octanol–water partition coefficient (Wildman–Crippen LogP) is 2.88. The van der Waals surface area contributed by atoms with E-state index in [4.69, 9.17) is 28.3 Å². The van der Waals surface area contributed by atoms with Crippen molar-refractivity contribution in [3.05, 3.63) is 33.8 Å². The minimum absolute atomic E-state index is 0.0225. The number of benzene rings is 1. The average Bonchev–Trinajstić information content (AvgIpc) is 2.21. The highest BCUT2D eigenvalue weighted by Gasteiger charge is 2.20. The molecular formula is C12H15Cl2NO2. The molecule has 0 unspecified atom stereocenters. The van der Waals surface area contributed by atoms with Gasteiger partial charge in [-0.1, -0.05) is 23.2 Å². The van der Waals surface area contributed by atoms with Gasteiger partial charge in [-0.2, -0.15) is 0 Å². The fourth-order valence-corrected chi connectivity index (χ4v) is 1.66. The molecule has 0 aliphatic rings. The Labute approximate surface area is 111 Å². The summed E-state index contributed by atoms with van der Waals surface area (Å²) >= 11 is 11.6. The minimum atomic E-state index is -0.460. The molecule has 5 heteroatoms. The van der Waals surface area contributed by atoms with Crippen LogP contribution in [0.15, 0.2) is 18.2 Å². The molecule has 94 valence electrons. The fraction of sp³-hybridized carbons (Fsp3) is 0.417. The van der Waals surface area contributed by atoms with Crippen molar-refractivity contribution in [1.82, 2.24) is 5.32 Å². The average molecular weight is 276 g/mol. The van der Waals surface area contributed by atoms with E-state index in [0.29, 0.717) is 22.0 Å². The van der Waals surface area contributed by atoms with Crippen molar-refractivity contribution in [2.75, 3.05) is 6.61 Å². The van der Waals surface area contributed by atoms with Gasteiger partial charge in [-0.25, -0.2) is 0 Å². The van der Waals surface area contributed by atoms with E-state index < -0.39 is 5.54 Å². The molecule has 0 radical (unpaired) electrons. The standard InChI is InChI=1S/C12H15Cl2NO2/c1-12(2,5-6-16)15-11(17)8-3-4-9(13)10(14)7-8/h3-4,7,16H,5-6H2,1-2H3,(H,15,17). The fourth-order valence-electron chi connectivity index (χ4n) is 1.36. The molecule has 3 nitrogen and oxygen atoms in total. The zero-order chi connectivity index (χ0) is 13.1. The normalized spacial score (nSPS) is 11.4. The molecule has 1 amide bonds. The van der Waals surface area contributed by atoms with Crippen molar-refractivity contribution in [1.29, 1.82) is 0 Å². The number of carbonyl (C=O) groups excluding carboxylic acids is 1. The molecule has 0 aliphatic heterocycles. The van der Waals surface area contributed by atoms with E-state index >= 15 is 0 Å². The van der Waals surface area contributed by atoms with E-state index in [2.05, 4.69) is 5.32 Å². The van der Waals surface area contributed by atoms with Gasteiger partial charge in [0.2, 0.25) is 0 Å². The Bertz CT molecular complexity index is 419. The van der Waals surface area contributed by atoms with Crippen LogP contribution in [0.5, 0.6) is 0 Å². The smallest absolute Gasteiger partial charge is 0.251 e. The van der Waals surface area contributed by atoms with Gasteiger partial charge in [0.15, 0.2) is 0 Å². The van der Waals surface area contributed by atoms with Gasteiger partial charge in [0.25, 0.3) is 5.91 Å². The number of hydrogen-bond acceptors (Lipinski definition) is 2. The van der Waals surface area contributed by atoms with Crippen molar-refractivity contribution in [2.45, 2.75) is 25.8 Å². The highest BCUT2D eigenvalue weighted by Crippen LogP contribution is 2.23. The van der Waals surface area contributed by atoms with Gasteiger partial charge in [-0.05, 0) is 38.5 Å². The van der Waals surface area contributed by atoms with E-state index in [1.807, 2.05) is 13.8 Å². The van der Waals surface area contributed by atoms with Crippen LogP contribution in [0.25, 0.3) is 0 Å². The van der Waals surface area contributed by atoms with Crippen LogP contribution in [-0.2, 0) is 0 Å². The third-order valence-corrected chi connectivity index (χ3v) is 3.11. The molecule has 2 N–H and O–H groups in total. The third-order valence-electron chi connectivity index (χ3n) is 2.37. The van der Waals surface area contributed by atoms with Crippen LogP contribution in [0.4, 0.5) is 0 Å². The lowest BCUT2D eigenvalue weighted by Crippen LogP contribution is -2.44. The van der Waals surface area contributed by atoms with Gasteiger partial charge in [0.1, 0.15) is 0 Å². The van der Waals surface area contributed by atoms with Crippen molar-refractivity contribution in [3.63, 3.8) is 0 Å². The number of aliphatic hydroxyl groups is 1. The first-order valence-electron chi connectivity index (χ1n) is 5.24. The van der Waals surface area contributed by atoms with Gasteiger partial charge in [-0.3, -0.25) is 4.79 Å². The molecule has 1 rings (SSSR count). The molecule has 1 aromatic rings. The molecule has 0 heterocycles. The molecule has 0 aliphatic carbocycles. The first kappa shape index (κ1) is 14.3. The number of amides is 1. The molecule has 0 saturated heterocycles. The van der Waals surface area contributed by atoms with Crippen molar-refractivity contribution >= 4 is 29.1 Å². The van der Waals surface area contributed by atoms with Crippen LogP contribution in [0.1, 0.15) is 30.6 Å². The maximum Gasteiger partial charge on any atom is 0.251 e. The van der Waals surface area contributed by atoms with Crippen molar-refractivity contribution in [2.24, 2.45) is 0 Å². The topological polar surface area (TPSA) is 49.3 Å². The second kappa shape index (κ2) is 5.71. The Kier molecular flexibility index (Phi) is 4.80. The molecule has 1 aromatic carbocycles. The molecule has 0 bridgehead atoms. The van der Waals surface area contributed by atoms with Gasteiger partial charge in [0.05, 0.1) is 10.0 Å². The molecule has 17 heavy (non-hydrogen) atoms. The number of nitrogens with one attached hydrogen (secondary N) is 1. The largest absolute Gasteiger partial charge is 0.396 e. The van der Waals surface area contributed by atoms with Crippen LogP contribution >= 0.6 is 23.2 Å². The SMILES string of the molecule is CC(C)(CCO)NC(=O)c1ccc(Cl)c(Cl)c1. The summed E-state index contributed by atoms with van der Waals surface area (Å²) < 4.78 is 0. The molecule has 0 fully saturated rings. The molecule has 0 spiro atoms. The maximum absolute atomic E-state index is 11.9. The quantitative estimate of drug-likeness (QED) is 0.888. The van der Waals surface area contributed by atoms with Crippen molar-refractivity contribution < 1.29 is 9.90 Å². The second-order valence-corrected chi connectivity index (χ2v) is 5.25. The number of halogens is 2. The van der Waals surface area contributed by atoms with Gasteiger partial charge in [0, 0.05) is 17.7 Å². The summed E-state index contributed by atoms with van der Waals surface area (Å²) in [4.78, 5) is 11.9. The summed E-state index contributed by atoms with van der Waals surface area (Å²) in [7, 11) is 0. The summed E-state index contributed by atoms with van der Waals surface area (Å²) in [5.74, 6) is -0.234. The lowest BCUT2D eigenvalue weighted by Gasteiger charge is -2.25. The summed E-state index contributed by atoms with van der Waals surface area (Å²) in [6.45, 7) is 3.71. The lowest BCUT2D eigenvalue weighted by atomic mass is 10.0. The summed E-state index contributed by atoms with van der Waals surface area (Å²) in [6, 6.07) is 4.71. The van der Waals surface area contributed by atoms with E-state index in [1.165, 1.54) is 6.07 Å². The Morgan fingerprint density at radius 1 is 1.35 bits per heavy atom. The minimum Gasteiger partial charge on any atom is -0.396 e. The number of rotatable bonds is 4. The lowest BCUT2D eigenvalue weighted by molar-refractivity contribution is 0.0899. The van der Waals surface area contributed by atoms with E-state index in [0.717, 1.165) is 0 Å². The number of carbonyl (C=O) groups is 1. The summed E-state index contributed by atoms with van der Waals surface area (Å²) in [5, 5.41) is 12.5. The second-order valence-electron chi connectivity index (χ2n) is 4.44. The van der Waals surface area contributed by atoms with Gasteiger partial charge < -0.3 is 10.4 Å². The Morgan fingerprint density at radius 3 is 2.53 bits per heavy atom. The first-order chi connectivity index (χ1) is 7.85. The molecular weight excluding hydrogens is 261 g/mol. The third kappa shape index (κ3) is 4.19. The number of hydrogen-bond donors (Lipinski definition) is 2. The maximum atomic E-state index is 11.9. The highest BCUT2D eigenvalue weighted by atomic mass is 35.5. The van der Waals surface area contributed by atoms with E-state index in [9.17, 15) is 4.79 Å².